The number of ether oxygens (including phenoxy) is 2. The lowest BCUT2D eigenvalue weighted by Gasteiger charge is -2.14. The lowest BCUT2D eigenvalue weighted by atomic mass is 10.1. The molecule has 0 atom stereocenters. The Morgan fingerprint density at radius 3 is 2.32 bits per heavy atom. The Morgan fingerprint density at radius 2 is 1.57 bits per heavy atom. The molecule has 0 saturated carbocycles. The standard InChI is InChI=1S/C23H24ClNO2.ClH/c1-17-7-9-18(10-8-17)16-27-23-12-11-21(24)13-20(23)15-25-14-19-5-3-4-6-22(19)26-2;/h3-13,25H,14-16H2,1-2H3;1H. The van der Waals surface area contributed by atoms with E-state index in [9.17, 15) is 0 Å². The Kier molecular flexibility index (Phi) is 8.65. The molecule has 0 aliphatic carbocycles. The molecule has 28 heavy (non-hydrogen) atoms. The summed E-state index contributed by atoms with van der Waals surface area (Å²) in [6, 6.07) is 22.1. The zero-order chi connectivity index (χ0) is 19.1. The summed E-state index contributed by atoms with van der Waals surface area (Å²) in [6.45, 7) is 3.96. The van der Waals surface area contributed by atoms with E-state index >= 15 is 0 Å². The number of benzene rings is 3. The molecule has 3 nitrogen and oxygen atoms in total. The maximum absolute atomic E-state index is 6.19. The van der Waals surface area contributed by atoms with Gasteiger partial charge in [0.2, 0.25) is 0 Å². The molecule has 148 valence electrons. The highest BCUT2D eigenvalue weighted by Crippen LogP contribution is 2.24. The summed E-state index contributed by atoms with van der Waals surface area (Å²) in [7, 11) is 1.69. The third-order valence-electron chi connectivity index (χ3n) is 4.36. The first-order chi connectivity index (χ1) is 13.2. The Bertz CT molecular complexity index is 882. The van der Waals surface area contributed by atoms with Gasteiger partial charge in [-0.2, -0.15) is 0 Å². The van der Waals surface area contributed by atoms with Gasteiger partial charge in [0.15, 0.2) is 0 Å². The summed E-state index contributed by atoms with van der Waals surface area (Å²) in [5.74, 6) is 1.72. The summed E-state index contributed by atoms with van der Waals surface area (Å²) in [4.78, 5) is 0. The Morgan fingerprint density at radius 1 is 0.857 bits per heavy atom. The van der Waals surface area contributed by atoms with Gasteiger partial charge in [-0.25, -0.2) is 0 Å². The predicted molar refractivity (Wildman–Crippen MR) is 118 cm³/mol. The number of rotatable bonds is 8. The van der Waals surface area contributed by atoms with Gasteiger partial charge in [0.05, 0.1) is 7.11 Å². The fraction of sp³-hybridized carbons (Fsp3) is 0.217. The van der Waals surface area contributed by atoms with Crippen LogP contribution in [-0.2, 0) is 19.7 Å². The van der Waals surface area contributed by atoms with Crippen LogP contribution in [-0.4, -0.2) is 7.11 Å². The van der Waals surface area contributed by atoms with Gasteiger partial charge in [-0.3, -0.25) is 0 Å². The summed E-state index contributed by atoms with van der Waals surface area (Å²) < 4.78 is 11.4. The first-order valence-corrected chi connectivity index (χ1v) is 9.33. The van der Waals surface area contributed by atoms with Crippen molar-refractivity contribution < 1.29 is 9.47 Å². The average Bonchev–Trinajstić information content (AvgIpc) is 2.69. The summed E-state index contributed by atoms with van der Waals surface area (Å²) in [5, 5.41) is 4.15. The van der Waals surface area contributed by atoms with E-state index in [-0.39, 0.29) is 12.4 Å². The van der Waals surface area contributed by atoms with E-state index in [1.807, 2.05) is 36.4 Å². The number of halogens is 2. The number of aryl methyl sites for hydroxylation is 1. The average molecular weight is 418 g/mol. The third-order valence-corrected chi connectivity index (χ3v) is 4.60. The smallest absolute Gasteiger partial charge is 0.124 e. The zero-order valence-corrected chi connectivity index (χ0v) is 17.6. The minimum atomic E-state index is 0. The normalized spacial score (nSPS) is 10.2. The molecule has 0 saturated heterocycles. The highest BCUT2D eigenvalue weighted by atomic mass is 35.5. The van der Waals surface area contributed by atoms with E-state index in [1.165, 1.54) is 5.56 Å². The molecule has 0 aromatic heterocycles. The van der Waals surface area contributed by atoms with Gasteiger partial charge in [0.1, 0.15) is 18.1 Å². The van der Waals surface area contributed by atoms with Crippen LogP contribution in [0.3, 0.4) is 0 Å². The van der Waals surface area contributed by atoms with Crippen LogP contribution in [0, 0.1) is 6.92 Å². The molecule has 0 heterocycles. The molecule has 0 aliphatic rings. The van der Waals surface area contributed by atoms with Crippen LogP contribution in [0.25, 0.3) is 0 Å². The zero-order valence-electron chi connectivity index (χ0n) is 16.1. The van der Waals surface area contributed by atoms with Crippen molar-refractivity contribution in [3.05, 3.63) is 94.0 Å². The van der Waals surface area contributed by atoms with Gasteiger partial charge in [0, 0.05) is 29.2 Å². The highest BCUT2D eigenvalue weighted by molar-refractivity contribution is 6.30. The van der Waals surface area contributed by atoms with Gasteiger partial charge in [0.25, 0.3) is 0 Å². The van der Waals surface area contributed by atoms with Gasteiger partial charge in [-0.15, -0.1) is 12.4 Å². The van der Waals surface area contributed by atoms with E-state index < -0.39 is 0 Å². The second-order valence-electron chi connectivity index (χ2n) is 6.44. The second kappa shape index (κ2) is 11.0. The monoisotopic (exact) mass is 417 g/mol. The molecule has 0 unspecified atom stereocenters. The third kappa shape index (κ3) is 6.16. The van der Waals surface area contributed by atoms with Crippen LogP contribution in [0.1, 0.15) is 22.3 Å². The van der Waals surface area contributed by atoms with Gasteiger partial charge in [-0.1, -0.05) is 59.6 Å². The quantitative estimate of drug-likeness (QED) is 0.491. The number of hydrogen-bond acceptors (Lipinski definition) is 3. The van der Waals surface area contributed by atoms with Gasteiger partial charge < -0.3 is 14.8 Å². The SMILES string of the molecule is COc1ccccc1CNCc1cc(Cl)ccc1OCc1ccc(C)cc1.Cl. The first kappa shape index (κ1) is 22.1. The van der Waals surface area contributed by atoms with E-state index in [2.05, 4.69) is 42.6 Å². The predicted octanol–water partition coefficient (Wildman–Crippen LogP) is 5.95. The molecule has 5 heteroatoms. The molecule has 3 aromatic carbocycles. The maximum atomic E-state index is 6.19. The largest absolute Gasteiger partial charge is 0.496 e. The molecule has 3 rings (SSSR count). The number of hydrogen-bond donors (Lipinski definition) is 1. The van der Waals surface area contributed by atoms with Crippen LogP contribution in [0.4, 0.5) is 0 Å². The van der Waals surface area contributed by atoms with Gasteiger partial charge in [-0.05, 0) is 36.8 Å². The molecule has 0 spiro atoms. The van der Waals surface area contributed by atoms with Crippen molar-refractivity contribution in [2.75, 3.05) is 7.11 Å². The van der Waals surface area contributed by atoms with E-state index in [4.69, 9.17) is 21.1 Å². The Labute approximate surface area is 178 Å². The minimum absolute atomic E-state index is 0. The number of para-hydroxylation sites is 1. The fourth-order valence-electron chi connectivity index (χ4n) is 2.85. The van der Waals surface area contributed by atoms with E-state index in [0.29, 0.717) is 24.7 Å². The van der Waals surface area contributed by atoms with Crippen LogP contribution in [0.5, 0.6) is 11.5 Å². The molecule has 3 aromatic rings. The molecular weight excluding hydrogens is 393 g/mol. The lowest BCUT2D eigenvalue weighted by molar-refractivity contribution is 0.302. The Balaban J connectivity index is 0.00000280. The number of methoxy groups -OCH3 is 1. The molecule has 1 N–H and O–H groups in total. The van der Waals surface area contributed by atoms with Crippen molar-refractivity contribution in [1.82, 2.24) is 5.32 Å². The molecule has 0 radical (unpaired) electrons. The summed E-state index contributed by atoms with van der Waals surface area (Å²) in [6.07, 6.45) is 0. The molecule has 0 amide bonds. The lowest BCUT2D eigenvalue weighted by Crippen LogP contribution is -2.14. The summed E-state index contributed by atoms with van der Waals surface area (Å²) >= 11 is 6.19. The van der Waals surface area contributed by atoms with Crippen molar-refractivity contribution in [3.63, 3.8) is 0 Å². The highest BCUT2D eigenvalue weighted by Gasteiger charge is 2.07. The van der Waals surface area contributed by atoms with Crippen LogP contribution in [0.2, 0.25) is 5.02 Å². The Hall–Kier alpha value is -2.20. The molecule has 0 aliphatic heterocycles. The van der Waals surface area contributed by atoms with Crippen molar-refractivity contribution in [2.24, 2.45) is 0 Å². The minimum Gasteiger partial charge on any atom is -0.496 e. The van der Waals surface area contributed by atoms with Crippen LogP contribution in [0.15, 0.2) is 66.7 Å². The fourth-order valence-corrected chi connectivity index (χ4v) is 3.05. The van der Waals surface area contributed by atoms with Crippen molar-refractivity contribution >= 4 is 24.0 Å². The van der Waals surface area contributed by atoms with Gasteiger partial charge >= 0.3 is 0 Å². The van der Waals surface area contributed by atoms with Crippen LogP contribution >= 0.6 is 24.0 Å². The van der Waals surface area contributed by atoms with Crippen LogP contribution < -0.4 is 14.8 Å². The number of nitrogens with one attached hydrogen (secondary N) is 1. The molecule has 0 fully saturated rings. The molecular formula is C23H25Cl2NO2. The van der Waals surface area contributed by atoms with Crippen molar-refractivity contribution in [3.8, 4) is 11.5 Å². The van der Waals surface area contributed by atoms with E-state index in [0.717, 1.165) is 28.2 Å². The topological polar surface area (TPSA) is 30.5 Å². The van der Waals surface area contributed by atoms with Crippen molar-refractivity contribution in [1.29, 1.82) is 0 Å². The van der Waals surface area contributed by atoms with E-state index in [1.54, 1.807) is 7.11 Å². The van der Waals surface area contributed by atoms with Crippen molar-refractivity contribution in [2.45, 2.75) is 26.6 Å². The first-order valence-electron chi connectivity index (χ1n) is 8.95. The molecule has 0 bridgehead atoms. The summed E-state index contributed by atoms with van der Waals surface area (Å²) in [5.41, 5.74) is 4.53. The second-order valence-corrected chi connectivity index (χ2v) is 6.88. The maximum Gasteiger partial charge on any atom is 0.124 e.